The second-order valence-corrected chi connectivity index (χ2v) is 2.39. The first-order chi connectivity index (χ1) is 6.49. The first-order valence-electron chi connectivity index (χ1n) is 3.65. The molecule has 76 valence electrons. The van der Waals surface area contributed by atoms with Crippen molar-refractivity contribution in [2.24, 2.45) is 0 Å². The van der Waals surface area contributed by atoms with Gasteiger partial charge >= 0.3 is 6.18 Å². The molecule has 1 aromatic rings. The maximum Gasteiger partial charge on any atom is 0.412 e. The molecule has 14 heavy (non-hydrogen) atoms. The van der Waals surface area contributed by atoms with E-state index in [0.717, 1.165) is 6.07 Å². The lowest BCUT2D eigenvalue weighted by molar-refractivity contribution is -0.0809. The summed E-state index contributed by atoms with van der Waals surface area (Å²) in [6.45, 7) is 0. The summed E-state index contributed by atoms with van der Waals surface area (Å²) >= 11 is 0. The average Bonchev–Trinajstić information content (AvgIpc) is 2.06. The van der Waals surface area contributed by atoms with Crippen LogP contribution < -0.4 is 4.74 Å². The minimum absolute atomic E-state index is 0.112. The fourth-order valence-electron chi connectivity index (χ4n) is 0.725. The lowest BCUT2D eigenvalue weighted by Crippen LogP contribution is -2.01. The molecule has 5 heteroatoms. The van der Waals surface area contributed by atoms with E-state index < -0.39 is 12.0 Å². The first kappa shape index (κ1) is 10.6. The third-order valence-electron chi connectivity index (χ3n) is 1.29. The van der Waals surface area contributed by atoms with E-state index in [1.807, 2.05) is 0 Å². The van der Waals surface area contributed by atoms with Gasteiger partial charge in [0.15, 0.2) is 11.6 Å². The van der Waals surface area contributed by atoms with Crippen LogP contribution in [0.4, 0.5) is 17.6 Å². The van der Waals surface area contributed by atoms with Crippen LogP contribution in [0.5, 0.6) is 5.75 Å². The molecule has 0 heterocycles. The van der Waals surface area contributed by atoms with Crippen molar-refractivity contribution in [1.82, 2.24) is 0 Å². The van der Waals surface area contributed by atoms with Gasteiger partial charge in [0.25, 0.3) is 0 Å². The minimum atomic E-state index is -4.45. The van der Waals surface area contributed by atoms with Crippen molar-refractivity contribution >= 4 is 0 Å². The summed E-state index contributed by atoms with van der Waals surface area (Å²) in [7, 11) is 0. The summed E-state index contributed by atoms with van der Waals surface area (Å²) in [5, 5.41) is 0. The molecule has 1 nitrogen and oxygen atoms in total. The van der Waals surface area contributed by atoms with E-state index in [1.54, 1.807) is 0 Å². The highest BCUT2D eigenvalue weighted by atomic mass is 19.4. The average molecular weight is 206 g/mol. The molecular formula is C9H6F4O. The number of hydrogen-bond acceptors (Lipinski definition) is 1. The summed E-state index contributed by atoms with van der Waals surface area (Å²) in [6.07, 6.45) is -4.16. The molecule has 0 aliphatic carbocycles. The maximum absolute atomic E-state index is 12.8. The van der Waals surface area contributed by atoms with Crippen molar-refractivity contribution in [3.8, 4) is 5.75 Å². The first-order valence-corrected chi connectivity index (χ1v) is 3.65. The van der Waals surface area contributed by atoms with E-state index in [1.165, 1.54) is 18.2 Å². The molecule has 0 atom stereocenters. The highest BCUT2D eigenvalue weighted by Crippen LogP contribution is 2.18. The second kappa shape index (κ2) is 4.13. The molecule has 1 rings (SSSR count). The van der Waals surface area contributed by atoms with Gasteiger partial charge in [-0.2, -0.15) is 13.2 Å². The van der Waals surface area contributed by atoms with Crippen molar-refractivity contribution in [3.63, 3.8) is 0 Å². The zero-order valence-electron chi connectivity index (χ0n) is 6.88. The number of ether oxygens (including phenoxy) is 1. The predicted molar refractivity (Wildman–Crippen MR) is 42.2 cm³/mol. The van der Waals surface area contributed by atoms with E-state index in [4.69, 9.17) is 0 Å². The molecular weight excluding hydrogens is 200 g/mol. The largest absolute Gasteiger partial charge is 0.462 e. The van der Waals surface area contributed by atoms with Gasteiger partial charge < -0.3 is 4.74 Å². The molecule has 0 aromatic heterocycles. The third-order valence-corrected chi connectivity index (χ3v) is 1.29. The summed E-state index contributed by atoms with van der Waals surface area (Å²) < 4.78 is 52.0. The lowest BCUT2D eigenvalue weighted by Gasteiger charge is -2.01. The Balaban J connectivity index is 2.63. The van der Waals surface area contributed by atoms with E-state index in [-0.39, 0.29) is 11.8 Å². The molecule has 0 unspecified atom stereocenters. The van der Waals surface area contributed by atoms with Crippen LogP contribution in [0.2, 0.25) is 0 Å². The third kappa shape index (κ3) is 3.47. The van der Waals surface area contributed by atoms with Crippen LogP contribution >= 0.6 is 0 Å². The van der Waals surface area contributed by atoms with Crippen LogP contribution in [0, 0.1) is 5.82 Å². The molecule has 0 amide bonds. The lowest BCUT2D eigenvalue weighted by atomic mass is 10.3. The van der Waals surface area contributed by atoms with Gasteiger partial charge in [0.1, 0.15) is 0 Å². The number of alkyl halides is 3. The predicted octanol–water partition coefficient (Wildman–Crippen LogP) is 3.28. The van der Waals surface area contributed by atoms with Gasteiger partial charge in [-0.15, -0.1) is 0 Å². The molecule has 0 bridgehead atoms. The number of halogens is 4. The van der Waals surface area contributed by atoms with Crippen LogP contribution in [0.25, 0.3) is 0 Å². The molecule has 0 saturated heterocycles. The topological polar surface area (TPSA) is 9.23 Å². The maximum atomic E-state index is 12.8. The summed E-state index contributed by atoms with van der Waals surface area (Å²) in [5.41, 5.74) is 0. The number of benzene rings is 1. The van der Waals surface area contributed by atoms with E-state index in [9.17, 15) is 17.6 Å². The SMILES string of the molecule is Fc1ccccc1O/C=C\C(F)(F)F. The second-order valence-electron chi connectivity index (χ2n) is 2.39. The molecule has 0 radical (unpaired) electrons. The number of para-hydroxylation sites is 1. The van der Waals surface area contributed by atoms with Gasteiger partial charge in [0.05, 0.1) is 12.3 Å². The summed E-state index contributed by atoms with van der Waals surface area (Å²) in [6, 6.07) is 5.20. The van der Waals surface area contributed by atoms with Gasteiger partial charge in [-0.1, -0.05) is 12.1 Å². The van der Waals surface area contributed by atoms with Gasteiger partial charge in [0, 0.05) is 0 Å². The smallest absolute Gasteiger partial charge is 0.412 e. The molecule has 0 N–H and O–H groups in total. The zero-order chi connectivity index (χ0) is 10.6. The Morgan fingerprint density at radius 3 is 2.36 bits per heavy atom. The number of rotatable bonds is 2. The van der Waals surface area contributed by atoms with Crippen LogP contribution in [0.1, 0.15) is 0 Å². The van der Waals surface area contributed by atoms with Gasteiger partial charge in [-0.25, -0.2) is 4.39 Å². The standard InChI is InChI=1S/C9H6F4O/c10-7-3-1-2-4-8(7)14-6-5-9(11,12)13/h1-6H/b6-5-. The number of hydrogen-bond donors (Lipinski definition) is 0. The Morgan fingerprint density at radius 2 is 1.79 bits per heavy atom. The Kier molecular flexibility index (Phi) is 3.11. The molecule has 0 fully saturated rings. The van der Waals surface area contributed by atoms with Gasteiger partial charge in [-0.3, -0.25) is 0 Å². The minimum Gasteiger partial charge on any atom is -0.462 e. The van der Waals surface area contributed by atoms with E-state index in [2.05, 4.69) is 4.74 Å². The van der Waals surface area contributed by atoms with Crippen molar-refractivity contribution < 1.29 is 22.3 Å². The van der Waals surface area contributed by atoms with Crippen LogP contribution in [0.15, 0.2) is 36.6 Å². The van der Waals surface area contributed by atoms with Crippen molar-refractivity contribution in [3.05, 3.63) is 42.4 Å². The van der Waals surface area contributed by atoms with Gasteiger partial charge in [-0.05, 0) is 12.1 Å². The summed E-state index contributed by atoms with van der Waals surface area (Å²) in [5.74, 6) is -0.952. The fourth-order valence-corrected chi connectivity index (χ4v) is 0.725. The van der Waals surface area contributed by atoms with Crippen LogP contribution in [0.3, 0.4) is 0 Å². The Morgan fingerprint density at radius 1 is 1.14 bits per heavy atom. The van der Waals surface area contributed by atoms with Gasteiger partial charge in [0.2, 0.25) is 0 Å². The molecule has 1 aromatic carbocycles. The van der Waals surface area contributed by atoms with E-state index >= 15 is 0 Å². The fraction of sp³-hybridized carbons (Fsp3) is 0.111. The van der Waals surface area contributed by atoms with E-state index in [0.29, 0.717) is 6.26 Å². The summed E-state index contributed by atoms with van der Waals surface area (Å²) in [4.78, 5) is 0. The van der Waals surface area contributed by atoms with Crippen molar-refractivity contribution in [1.29, 1.82) is 0 Å². The molecule has 0 spiro atoms. The van der Waals surface area contributed by atoms with Crippen molar-refractivity contribution in [2.45, 2.75) is 6.18 Å². The van der Waals surface area contributed by atoms with Crippen LogP contribution in [-0.4, -0.2) is 6.18 Å². The molecule has 0 saturated carbocycles. The Labute approximate surface area is 77.6 Å². The zero-order valence-corrected chi connectivity index (χ0v) is 6.88. The van der Waals surface area contributed by atoms with Crippen molar-refractivity contribution in [2.75, 3.05) is 0 Å². The monoisotopic (exact) mass is 206 g/mol. The molecule has 0 aliphatic rings. The highest BCUT2D eigenvalue weighted by Gasteiger charge is 2.22. The Hall–Kier alpha value is -1.52. The number of allylic oxidation sites excluding steroid dienone is 1. The normalized spacial score (nSPS) is 12.0. The molecule has 0 aliphatic heterocycles. The quantitative estimate of drug-likeness (QED) is 0.533. The Bertz CT molecular complexity index is 330. The highest BCUT2D eigenvalue weighted by molar-refractivity contribution is 5.24. The van der Waals surface area contributed by atoms with Crippen LogP contribution in [-0.2, 0) is 0 Å².